The molecule has 6 amide bonds. The van der Waals surface area contributed by atoms with Gasteiger partial charge in [-0.3, -0.25) is 24.0 Å². The molecule has 62 heavy (non-hydrogen) atoms. The van der Waals surface area contributed by atoms with Crippen LogP contribution in [0.1, 0.15) is 168 Å². The number of hydrogen-bond acceptors (Lipinski definition) is 10. The number of hydrogen-bond donors (Lipinski definition) is 4. The van der Waals surface area contributed by atoms with E-state index in [0.717, 1.165) is 32.1 Å². The fraction of sp³-hybridized carbons (Fsp3) is 0.848. The Morgan fingerprint density at radius 1 is 0.758 bits per heavy atom. The zero-order chi connectivity index (χ0) is 47.7. The smallest absolute Gasteiger partial charge is 0.412 e. The average Bonchev–Trinajstić information content (AvgIpc) is 3.17. The molecule has 0 aliphatic carbocycles. The highest BCUT2D eigenvalue weighted by molar-refractivity contribution is 5.96. The maximum absolute atomic E-state index is 14.4. The molecular weight excluding hydrogens is 797 g/mol. The number of ether oxygens (including phenoxy) is 3. The molecule has 0 aromatic heterocycles. The Labute approximate surface area is 372 Å². The number of rotatable bonds is 16. The molecule has 0 radical (unpaired) electrons. The van der Waals surface area contributed by atoms with Crippen molar-refractivity contribution in [1.82, 2.24) is 31.1 Å². The van der Waals surface area contributed by atoms with E-state index in [2.05, 4.69) is 28.2 Å². The molecule has 1 heterocycles. The van der Waals surface area contributed by atoms with Gasteiger partial charge in [-0.05, 0) is 86.5 Å². The highest BCUT2D eigenvalue weighted by Crippen LogP contribution is 2.23. The fourth-order valence-electron chi connectivity index (χ4n) is 7.05. The zero-order valence-corrected chi connectivity index (χ0v) is 41.0. The van der Waals surface area contributed by atoms with Gasteiger partial charge in [0.2, 0.25) is 23.6 Å². The van der Waals surface area contributed by atoms with Gasteiger partial charge in [0.25, 0.3) is 12.1 Å². The van der Waals surface area contributed by atoms with Crippen molar-refractivity contribution in [2.45, 2.75) is 221 Å². The number of carbonyl (C=O) groups excluding carboxylic acids is 7. The van der Waals surface area contributed by atoms with Crippen molar-refractivity contribution < 1.29 is 47.8 Å². The van der Waals surface area contributed by atoms with Crippen molar-refractivity contribution in [2.24, 2.45) is 17.8 Å². The molecule has 1 fully saturated rings. The maximum Gasteiger partial charge on any atom is 0.412 e. The maximum atomic E-state index is 14.4. The van der Waals surface area contributed by atoms with Crippen LogP contribution in [0.5, 0.6) is 0 Å². The van der Waals surface area contributed by atoms with Crippen LogP contribution in [-0.2, 0) is 43.0 Å². The predicted molar refractivity (Wildman–Crippen MR) is 239 cm³/mol. The number of unbranched alkanes of at least 4 members (excludes halogenated alkanes) is 7. The van der Waals surface area contributed by atoms with Crippen LogP contribution < -0.4 is 21.3 Å². The summed E-state index contributed by atoms with van der Waals surface area (Å²) in [5.74, 6) is -5.94. The van der Waals surface area contributed by atoms with Gasteiger partial charge in [-0.15, -0.1) is 0 Å². The quantitative estimate of drug-likeness (QED) is 0.106. The summed E-state index contributed by atoms with van der Waals surface area (Å²) < 4.78 is 17.8. The number of likely N-dealkylation sites (N-methyl/N-ethyl adjacent to an activating group) is 1. The molecular formula is C46H84N6O10. The summed E-state index contributed by atoms with van der Waals surface area (Å²) >= 11 is 0. The number of nitrogens with zero attached hydrogens (tertiary/aromatic N) is 2. The van der Waals surface area contributed by atoms with E-state index in [1.807, 2.05) is 20.8 Å². The van der Waals surface area contributed by atoms with Crippen molar-refractivity contribution in [3.63, 3.8) is 0 Å². The summed E-state index contributed by atoms with van der Waals surface area (Å²) in [5, 5.41) is 10.6. The van der Waals surface area contributed by atoms with Crippen molar-refractivity contribution in [3.8, 4) is 0 Å². The van der Waals surface area contributed by atoms with Crippen LogP contribution in [0, 0.1) is 17.8 Å². The summed E-state index contributed by atoms with van der Waals surface area (Å²) in [4.78, 5) is 101. The number of amides is 6. The first-order valence-corrected chi connectivity index (χ1v) is 23.0. The van der Waals surface area contributed by atoms with Gasteiger partial charge in [-0.1, -0.05) is 92.9 Å². The lowest BCUT2D eigenvalue weighted by molar-refractivity contribution is -0.160. The number of esters is 1. The molecule has 0 bridgehead atoms. The third kappa shape index (κ3) is 18.8. The average molecular weight is 881 g/mol. The Hall–Kier alpha value is -3.95. The minimum absolute atomic E-state index is 0.0471. The molecule has 0 unspecified atom stereocenters. The molecule has 1 aliphatic rings. The second-order valence-corrected chi connectivity index (χ2v) is 19.6. The number of nitrogens with one attached hydrogen (secondary N) is 4. The Morgan fingerprint density at radius 3 is 1.81 bits per heavy atom. The Balaban J connectivity index is 3.92. The topological polar surface area (TPSA) is 202 Å². The van der Waals surface area contributed by atoms with E-state index >= 15 is 0 Å². The minimum Gasteiger partial charge on any atom is -0.460 e. The van der Waals surface area contributed by atoms with Crippen molar-refractivity contribution in [3.05, 3.63) is 0 Å². The molecule has 0 aromatic carbocycles. The molecule has 0 aromatic rings. The molecule has 9 atom stereocenters. The van der Waals surface area contributed by atoms with Crippen LogP contribution in [0.15, 0.2) is 0 Å². The van der Waals surface area contributed by atoms with Gasteiger partial charge in [0, 0.05) is 19.6 Å². The standard InChI is InChI=1S/C46H84N6O10/c1-17-19-20-21-22-23-24-25-26-34-30(6)42(57)51(15)33(27-28(3)4)37(53)48-35(29(5)18-2)38(54)50-41(61-44(59)52(16)45(9,10)11)40(56)49-36(32(8)62-46(12,13)14)39(55)47-31(7)43(58)60-34/h28-36,41H,17-27H2,1-16H3,(H,47,55)(H,48,53)(H,49,56)(H,50,54)/t29-,30-,31+,32+,33+,34-,35+,36+,41+/m1/s1. The van der Waals surface area contributed by atoms with Gasteiger partial charge in [-0.25, -0.2) is 9.59 Å². The lowest BCUT2D eigenvalue weighted by Crippen LogP contribution is -2.63. The monoisotopic (exact) mass is 881 g/mol. The fourth-order valence-corrected chi connectivity index (χ4v) is 7.05. The van der Waals surface area contributed by atoms with Gasteiger partial charge in [0.05, 0.1) is 17.6 Å². The lowest BCUT2D eigenvalue weighted by atomic mass is 9.94. The summed E-state index contributed by atoms with van der Waals surface area (Å²) in [6.07, 6.45) is 4.53. The van der Waals surface area contributed by atoms with E-state index in [9.17, 15) is 33.6 Å². The van der Waals surface area contributed by atoms with E-state index in [1.54, 1.807) is 62.3 Å². The molecule has 0 saturated carbocycles. The Morgan fingerprint density at radius 2 is 1.29 bits per heavy atom. The van der Waals surface area contributed by atoms with Gasteiger partial charge in [-0.2, -0.15) is 0 Å². The van der Waals surface area contributed by atoms with E-state index in [1.165, 1.54) is 43.7 Å². The SMILES string of the molecule is CCCCCCCCCC[C@H]1OC(=O)[C@H](C)NC(=O)[C@H]([C@H](C)OC(C)(C)C)NC(=O)[C@H](OC(=O)N(C)C(C)(C)C)NC(=O)[C@H]([C@H](C)CC)NC(=O)[C@H](CC(C)C)N(C)C(=O)[C@@H]1C. The molecule has 358 valence electrons. The van der Waals surface area contributed by atoms with Crippen molar-refractivity contribution in [1.29, 1.82) is 0 Å². The van der Waals surface area contributed by atoms with Crippen LogP contribution >= 0.6 is 0 Å². The van der Waals surface area contributed by atoms with E-state index in [4.69, 9.17) is 14.2 Å². The highest BCUT2D eigenvalue weighted by atomic mass is 16.6. The first-order valence-electron chi connectivity index (χ1n) is 23.0. The minimum atomic E-state index is -1.99. The second kappa shape index (κ2) is 26.0. The number of cyclic esters (lactones) is 1. The largest absolute Gasteiger partial charge is 0.460 e. The van der Waals surface area contributed by atoms with Crippen LogP contribution in [-0.4, -0.2) is 119 Å². The van der Waals surface area contributed by atoms with Crippen LogP contribution in [0.4, 0.5) is 4.79 Å². The molecule has 4 N–H and O–H groups in total. The second-order valence-electron chi connectivity index (χ2n) is 19.6. The van der Waals surface area contributed by atoms with Crippen LogP contribution in [0.2, 0.25) is 0 Å². The van der Waals surface area contributed by atoms with Gasteiger partial charge >= 0.3 is 12.1 Å². The summed E-state index contributed by atoms with van der Waals surface area (Å²) in [7, 11) is 2.99. The predicted octanol–water partition coefficient (Wildman–Crippen LogP) is 5.99. The van der Waals surface area contributed by atoms with Crippen LogP contribution in [0.25, 0.3) is 0 Å². The van der Waals surface area contributed by atoms with Gasteiger partial charge in [0.1, 0.15) is 30.3 Å². The molecule has 1 rings (SSSR count). The third-order valence-electron chi connectivity index (χ3n) is 11.5. The number of carbonyl (C=O) groups is 7. The van der Waals surface area contributed by atoms with Gasteiger partial charge < -0.3 is 45.3 Å². The molecule has 16 heteroatoms. The normalized spacial score (nSPS) is 25.3. The first kappa shape index (κ1) is 56.1. The van der Waals surface area contributed by atoms with Gasteiger partial charge in [0.15, 0.2) is 0 Å². The Bertz CT molecular complexity index is 1480. The summed E-state index contributed by atoms with van der Waals surface area (Å²) in [5.41, 5.74) is -1.54. The van der Waals surface area contributed by atoms with E-state index in [-0.39, 0.29) is 12.3 Å². The van der Waals surface area contributed by atoms with Crippen LogP contribution in [0.3, 0.4) is 0 Å². The van der Waals surface area contributed by atoms with Crippen molar-refractivity contribution in [2.75, 3.05) is 14.1 Å². The summed E-state index contributed by atoms with van der Waals surface area (Å²) in [6, 6.07) is -4.97. The molecule has 1 aliphatic heterocycles. The third-order valence-corrected chi connectivity index (χ3v) is 11.5. The highest BCUT2D eigenvalue weighted by Gasteiger charge is 2.41. The Kier molecular flexibility index (Phi) is 23.5. The molecule has 0 spiro atoms. The molecule has 16 nitrogen and oxygen atoms in total. The first-order chi connectivity index (χ1) is 28.7. The van der Waals surface area contributed by atoms with Crippen molar-refractivity contribution >= 4 is 41.6 Å². The van der Waals surface area contributed by atoms with E-state index in [0.29, 0.717) is 19.3 Å². The summed E-state index contributed by atoms with van der Waals surface area (Å²) in [6.45, 7) is 24.8. The lowest BCUT2D eigenvalue weighted by Gasteiger charge is -2.35. The van der Waals surface area contributed by atoms with E-state index < -0.39 is 107 Å². The molecule has 1 saturated heterocycles. The zero-order valence-electron chi connectivity index (χ0n) is 41.0.